The van der Waals surface area contributed by atoms with Crippen LogP contribution in [0.25, 0.3) is 6.08 Å². The molecule has 0 aliphatic carbocycles. The van der Waals surface area contributed by atoms with E-state index >= 15 is 0 Å². The topological polar surface area (TPSA) is 109 Å². The number of rotatable bonds is 10. The number of allylic oxidation sites excluding steroid dienone is 1. The molecule has 0 aliphatic rings. The number of nitriles is 2. The van der Waals surface area contributed by atoms with Crippen molar-refractivity contribution >= 4 is 52.4 Å². The molecule has 1 heterocycles. The van der Waals surface area contributed by atoms with Crippen LogP contribution < -0.4 is 9.47 Å². The molecule has 0 radical (unpaired) electrons. The molecule has 194 valence electrons. The van der Waals surface area contributed by atoms with Crippen molar-refractivity contribution in [1.82, 2.24) is 0 Å². The molecule has 3 aromatic rings. The Kier molecular flexibility index (Phi) is 9.92. The Bertz CT molecular complexity index is 1500. The van der Waals surface area contributed by atoms with Gasteiger partial charge in [0.05, 0.1) is 24.9 Å². The van der Waals surface area contributed by atoms with E-state index in [1.54, 1.807) is 50.2 Å². The van der Waals surface area contributed by atoms with Gasteiger partial charge in [0.25, 0.3) is 0 Å². The molecular formula is C28H22Cl2N2O5S. The lowest BCUT2D eigenvalue weighted by Crippen LogP contribution is -2.05. The Labute approximate surface area is 234 Å². The summed E-state index contributed by atoms with van der Waals surface area (Å²) in [4.78, 5) is 25.9. The second-order valence-corrected chi connectivity index (χ2v) is 9.84. The zero-order valence-electron chi connectivity index (χ0n) is 20.8. The van der Waals surface area contributed by atoms with Gasteiger partial charge in [0.1, 0.15) is 23.6 Å². The quantitative estimate of drug-likeness (QED) is 0.152. The number of hydrogen-bond acceptors (Lipinski definition) is 8. The third-order valence-corrected chi connectivity index (χ3v) is 7.29. The van der Waals surface area contributed by atoms with Crippen molar-refractivity contribution in [2.45, 2.75) is 26.9 Å². The molecule has 2 aromatic carbocycles. The highest BCUT2D eigenvalue weighted by atomic mass is 35.5. The average Bonchev–Trinajstić information content (AvgIpc) is 3.21. The van der Waals surface area contributed by atoms with Gasteiger partial charge in [-0.1, -0.05) is 35.3 Å². The van der Waals surface area contributed by atoms with Gasteiger partial charge in [-0.2, -0.15) is 10.5 Å². The maximum absolute atomic E-state index is 13.0. The van der Waals surface area contributed by atoms with Gasteiger partial charge in [0, 0.05) is 26.9 Å². The number of esters is 1. The lowest BCUT2D eigenvalue weighted by Gasteiger charge is -2.12. The smallest absolute Gasteiger partial charge is 0.348 e. The number of carbonyl (C=O) groups is 2. The second-order valence-electron chi connectivity index (χ2n) is 7.89. The summed E-state index contributed by atoms with van der Waals surface area (Å²) in [5.41, 5.74) is 1.88. The Morgan fingerprint density at radius 2 is 1.87 bits per heavy atom. The third-order valence-electron chi connectivity index (χ3n) is 5.43. The van der Waals surface area contributed by atoms with Crippen molar-refractivity contribution in [2.75, 3.05) is 13.7 Å². The number of benzene rings is 2. The molecule has 0 spiro atoms. The Balaban J connectivity index is 1.81. The van der Waals surface area contributed by atoms with Crippen molar-refractivity contribution in [1.29, 1.82) is 10.5 Å². The molecule has 7 nitrogen and oxygen atoms in total. The summed E-state index contributed by atoms with van der Waals surface area (Å²) in [7, 11) is 1.48. The fourth-order valence-electron chi connectivity index (χ4n) is 3.51. The van der Waals surface area contributed by atoms with Crippen molar-refractivity contribution in [2.24, 2.45) is 0 Å². The minimum atomic E-state index is -0.547. The number of methoxy groups -OCH3 is 1. The molecule has 0 amide bonds. The molecule has 0 atom stereocenters. The maximum Gasteiger partial charge on any atom is 0.348 e. The summed E-state index contributed by atoms with van der Waals surface area (Å²) in [6, 6.07) is 14.1. The number of Topliss-reactive ketones (excluding diaryl/α,β-unsaturated/α-hetero) is 1. The van der Waals surface area contributed by atoms with Crippen LogP contribution in [-0.4, -0.2) is 25.5 Å². The fourth-order valence-corrected chi connectivity index (χ4v) is 5.12. The molecule has 0 saturated heterocycles. The molecule has 0 bridgehead atoms. The van der Waals surface area contributed by atoms with Gasteiger partial charge in [0.15, 0.2) is 17.3 Å². The lowest BCUT2D eigenvalue weighted by molar-refractivity contribution is -0.114. The van der Waals surface area contributed by atoms with E-state index in [1.807, 2.05) is 12.1 Å². The first-order valence-corrected chi connectivity index (χ1v) is 12.9. The van der Waals surface area contributed by atoms with Crippen molar-refractivity contribution in [3.63, 3.8) is 0 Å². The van der Waals surface area contributed by atoms with E-state index in [1.165, 1.54) is 13.2 Å². The van der Waals surface area contributed by atoms with E-state index in [9.17, 15) is 20.1 Å². The number of carbonyl (C=O) groups excluding carboxylic acids is 2. The number of hydrogen-bond donors (Lipinski definition) is 0. The highest BCUT2D eigenvalue weighted by Crippen LogP contribution is 2.32. The largest absolute Gasteiger partial charge is 0.493 e. The van der Waals surface area contributed by atoms with Crippen LogP contribution in [0.3, 0.4) is 0 Å². The van der Waals surface area contributed by atoms with Crippen LogP contribution in [0.5, 0.6) is 11.5 Å². The SMILES string of the molecule is CCOC(=O)c1sc(CC(=O)C(C#N)=Cc2ccc(OCc3ccc(Cl)cc3Cl)c(OC)c2)c(C#N)c1C. The van der Waals surface area contributed by atoms with Crippen LogP contribution in [0.15, 0.2) is 42.0 Å². The standard InChI is InChI=1S/C28H22Cl2N2O5S/c1-4-36-28(34)27-16(2)21(14-32)26(38-27)12-23(33)19(13-31)9-17-5-8-24(25(10-17)35-3)37-15-18-6-7-20(29)11-22(18)30/h5-11H,4,12,15H2,1-3H3. The average molecular weight is 569 g/mol. The number of nitrogens with zero attached hydrogens (tertiary/aromatic N) is 2. The third kappa shape index (κ3) is 6.73. The van der Waals surface area contributed by atoms with Crippen LogP contribution in [0, 0.1) is 29.6 Å². The van der Waals surface area contributed by atoms with E-state index in [0.29, 0.717) is 37.5 Å². The molecule has 0 N–H and O–H groups in total. The molecule has 0 unspecified atom stereocenters. The van der Waals surface area contributed by atoms with Crippen LogP contribution >= 0.6 is 34.5 Å². The van der Waals surface area contributed by atoms with E-state index in [2.05, 4.69) is 0 Å². The van der Waals surface area contributed by atoms with Crippen LogP contribution in [0.1, 0.15) is 43.7 Å². The molecular weight excluding hydrogens is 547 g/mol. The minimum absolute atomic E-state index is 0.110. The highest BCUT2D eigenvalue weighted by molar-refractivity contribution is 7.14. The Morgan fingerprint density at radius 3 is 2.50 bits per heavy atom. The molecule has 0 aliphatic heterocycles. The van der Waals surface area contributed by atoms with E-state index in [4.69, 9.17) is 37.4 Å². The molecule has 0 fully saturated rings. The first-order chi connectivity index (χ1) is 18.2. The summed E-state index contributed by atoms with van der Waals surface area (Å²) in [5, 5.41) is 20.2. The van der Waals surface area contributed by atoms with E-state index in [-0.39, 0.29) is 35.6 Å². The molecule has 10 heteroatoms. The zero-order chi connectivity index (χ0) is 27.8. The first kappa shape index (κ1) is 28.7. The minimum Gasteiger partial charge on any atom is -0.493 e. The monoisotopic (exact) mass is 568 g/mol. The van der Waals surface area contributed by atoms with Gasteiger partial charge >= 0.3 is 5.97 Å². The van der Waals surface area contributed by atoms with Crippen LogP contribution in [0.4, 0.5) is 0 Å². The molecule has 0 saturated carbocycles. The molecule has 38 heavy (non-hydrogen) atoms. The van der Waals surface area contributed by atoms with Gasteiger partial charge in [-0.3, -0.25) is 4.79 Å². The first-order valence-electron chi connectivity index (χ1n) is 11.3. The summed E-state index contributed by atoms with van der Waals surface area (Å²) in [6.07, 6.45) is 1.23. The van der Waals surface area contributed by atoms with Gasteiger partial charge in [-0.15, -0.1) is 11.3 Å². The van der Waals surface area contributed by atoms with Crippen molar-refractivity contribution in [3.05, 3.63) is 84.0 Å². The van der Waals surface area contributed by atoms with Crippen molar-refractivity contribution in [3.8, 4) is 23.6 Å². The van der Waals surface area contributed by atoms with Gasteiger partial charge in [-0.05, 0) is 55.3 Å². The van der Waals surface area contributed by atoms with Crippen LogP contribution in [0.2, 0.25) is 10.0 Å². The number of ketones is 1. The summed E-state index contributed by atoms with van der Waals surface area (Å²) in [5.74, 6) is -0.195. The summed E-state index contributed by atoms with van der Waals surface area (Å²) < 4.78 is 16.3. The van der Waals surface area contributed by atoms with E-state index in [0.717, 1.165) is 16.9 Å². The predicted octanol–water partition coefficient (Wildman–Crippen LogP) is 6.72. The van der Waals surface area contributed by atoms with Gasteiger partial charge < -0.3 is 14.2 Å². The van der Waals surface area contributed by atoms with Gasteiger partial charge in [-0.25, -0.2) is 4.79 Å². The second kappa shape index (κ2) is 13.1. The molecule has 1 aromatic heterocycles. The lowest BCUT2D eigenvalue weighted by atomic mass is 10.0. The Hall–Kier alpha value is -3.82. The van der Waals surface area contributed by atoms with Crippen LogP contribution in [-0.2, 0) is 22.6 Å². The normalized spacial score (nSPS) is 10.9. The van der Waals surface area contributed by atoms with E-state index < -0.39 is 11.8 Å². The maximum atomic E-state index is 13.0. The zero-order valence-corrected chi connectivity index (χ0v) is 23.1. The highest BCUT2D eigenvalue weighted by Gasteiger charge is 2.23. The summed E-state index contributed by atoms with van der Waals surface area (Å²) >= 11 is 13.2. The summed E-state index contributed by atoms with van der Waals surface area (Å²) in [6.45, 7) is 3.69. The molecule has 3 rings (SSSR count). The Morgan fingerprint density at radius 1 is 1.11 bits per heavy atom. The fraction of sp³-hybridized carbons (Fsp3) is 0.214. The van der Waals surface area contributed by atoms with Gasteiger partial charge in [0.2, 0.25) is 0 Å². The number of ether oxygens (including phenoxy) is 3. The number of thiophene rings is 1. The van der Waals surface area contributed by atoms with Crippen molar-refractivity contribution < 1.29 is 23.8 Å². The predicted molar refractivity (Wildman–Crippen MR) is 146 cm³/mol. The number of halogens is 2.